The summed E-state index contributed by atoms with van der Waals surface area (Å²) in [6.07, 6.45) is 2.31. The topological polar surface area (TPSA) is 133 Å². The maximum absolute atomic E-state index is 15.4. The van der Waals surface area contributed by atoms with Gasteiger partial charge in [0.25, 0.3) is 11.5 Å². The number of aromatic nitrogens is 7. The summed E-state index contributed by atoms with van der Waals surface area (Å²) in [5.41, 5.74) is 4.07. The number of nitrogens with one attached hydrogen (secondary N) is 2. The number of H-pyrrole nitrogens is 1. The van der Waals surface area contributed by atoms with Crippen LogP contribution in [0.25, 0.3) is 28.2 Å². The lowest BCUT2D eigenvalue weighted by molar-refractivity contribution is -0.118. The average molecular weight is 557 g/mol. The summed E-state index contributed by atoms with van der Waals surface area (Å²) in [4.78, 5) is 32.4. The van der Waals surface area contributed by atoms with Crippen LogP contribution in [0.1, 0.15) is 29.8 Å². The van der Waals surface area contributed by atoms with Crippen molar-refractivity contribution in [3.8, 4) is 34.0 Å². The Hall–Kier alpha value is -4.84. The molecule has 11 nitrogen and oxygen atoms in total. The van der Waals surface area contributed by atoms with Crippen LogP contribution in [0.3, 0.4) is 0 Å². The number of anilines is 1. The highest BCUT2D eigenvalue weighted by Gasteiger charge is 2.54. The summed E-state index contributed by atoms with van der Waals surface area (Å²) in [7, 11) is 0. The fraction of sp³-hybridized carbons (Fsp3) is 0.185. The zero-order valence-electron chi connectivity index (χ0n) is 20.5. The Morgan fingerprint density at radius 3 is 2.83 bits per heavy atom. The maximum Gasteiger partial charge on any atom is 0.262 e. The van der Waals surface area contributed by atoms with Crippen LogP contribution in [0, 0.1) is 11.9 Å². The molecule has 8 rings (SSSR count). The Balaban J connectivity index is 1.19. The van der Waals surface area contributed by atoms with Gasteiger partial charge in [-0.3, -0.25) is 9.59 Å². The molecule has 198 valence electrons. The number of ether oxygens (including phenoxy) is 1. The number of carbonyl (C=O) groups is 1. The number of rotatable bonds is 4. The molecule has 0 radical (unpaired) electrons. The number of fused-ring (bicyclic) bond motifs is 4. The summed E-state index contributed by atoms with van der Waals surface area (Å²) in [5, 5.41) is 14.7. The first-order chi connectivity index (χ1) is 19.4. The monoisotopic (exact) mass is 556 g/mol. The predicted molar refractivity (Wildman–Crippen MR) is 141 cm³/mol. The van der Waals surface area contributed by atoms with E-state index < -0.39 is 12.0 Å². The zero-order chi connectivity index (χ0) is 27.1. The summed E-state index contributed by atoms with van der Waals surface area (Å²) in [5.74, 6) is 0.107. The molecular weight excluding hydrogens is 539 g/mol. The number of carbonyl (C=O) groups excluding carboxylic acids is 1. The predicted octanol–water partition coefficient (Wildman–Crippen LogP) is 3.71. The quantitative estimate of drug-likeness (QED) is 0.345. The van der Waals surface area contributed by atoms with Gasteiger partial charge in [-0.15, -0.1) is 5.10 Å². The number of halogens is 2. The molecule has 13 heteroatoms. The van der Waals surface area contributed by atoms with Gasteiger partial charge in [-0.25, -0.2) is 4.98 Å². The second kappa shape index (κ2) is 8.33. The van der Waals surface area contributed by atoms with Crippen LogP contribution in [0.5, 0.6) is 5.75 Å². The normalized spacial score (nSPS) is 20.4. The fourth-order valence-electron chi connectivity index (χ4n) is 5.91. The third kappa shape index (κ3) is 3.49. The molecule has 2 aromatic carbocycles. The number of tetrazole rings is 1. The van der Waals surface area contributed by atoms with E-state index in [0.717, 1.165) is 12.1 Å². The zero-order valence-corrected chi connectivity index (χ0v) is 21.3. The van der Waals surface area contributed by atoms with E-state index in [1.165, 1.54) is 17.1 Å². The highest BCUT2D eigenvalue weighted by Crippen LogP contribution is 2.61. The molecule has 40 heavy (non-hydrogen) atoms. The number of imidazole rings is 1. The molecule has 3 aromatic heterocycles. The minimum atomic E-state index is -0.655. The minimum absolute atomic E-state index is 0.0752. The molecule has 3 aliphatic rings. The van der Waals surface area contributed by atoms with Crippen molar-refractivity contribution in [2.75, 3.05) is 11.9 Å². The standard InChI is InChI=1S/C27H18ClFN8O3/c28-14-2-4-19(36-11-30-34-35-36)15(8-14)13-5-20-16-9-17(16)25(37(20)23(39)7-13)24-26(29)33-27(32-24)12-1-3-18-21(6-12)40-10-22(38)31-18/h1-8,11,16-17,25H,9-10H2,(H,31,38)(H,32,33)/t16-,17?,25?/m0/s1. The number of nitrogens with zero attached hydrogens (tertiary/aromatic N) is 6. The Labute approximate surface area is 229 Å². The number of benzene rings is 2. The lowest BCUT2D eigenvalue weighted by Gasteiger charge is -2.19. The van der Waals surface area contributed by atoms with Gasteiger partial charge in [0, 0.05) is 33.8 Å². The molecule has 5 heterocycles. The Bertz CT molecular complexity index is 1920. The molecule has 1 fully saturated rings. The van der Waals surface area contributed by atoms with E-state index in [0.29, 0.717) is 44.7 Å². The molecule has 0 saturated heterocycles. The van der Waals surface area contributed by atoms with E-state index in [1.54, 1.807) is 41.0 Å². The third-order valence-electron chi connectivity index (χ3n) is 7.74. The lowest BCUT2D eigenvalue weighted by atomic mass is 10.0. The van der Waals surface area contributed by atoms with Crippen molar-refractivity contribution in [3.05, 3.63) is 87.6 Å². The molecule has 1 aliphatic carbocycles. The van der Waals surface area contributed by atoms with Gasteiger partial charge >= 0.3 is 0 Å². The first-order valence-electron chi connectivity index (χ1n) is 12.6. The van der Waals surface area contributed by atoms with Gasteiger partial charge in [0.1, 0.15) is 17.9 Å². The highest BCUT2D eigenvalue weighted by molar-refractivity contribution is 6.31. The van der Waals surface area contributed by atoms with Gasteiger partial charge in [0.05, 0.1) is 23.1 Å². The molecule has 5 aromatic rings. The van der Waals surface area contributed by atoms with E-state index >= 15 is 4.39 Å². The van der Waals surface area contributed by atoms with Crippen molar-refractivity contribution >= 4 is 23.2 Å². The molecule has 0 spiro atoms. The molecule has 1 amide bonds. The molecule has 2 unspecified atom stereocenters. The second-order valence-electron chi connectivity index (χ2n) is 10.1. The first kappa shape index (κ1) is 23.1. The molecule has 1 saturated carbocycles. The smallest absolute Gasteiger partial charge is 0.262 e. The molecule has 2 aliphatic heterocycles. The van der Waals surface area contributed by atoms with Gasteiger partial charge in [0.2, 0.25) is 5.95 Å². The van der Waals surface area contributed by atoms with Crippen LogP contribution in [0.4, 0.5) is 10.1 Å². The number of hydrogen-bond donors (Lipinski definition) is 2. The Morgan fingerprint density at radius 2 is 1.98 bits per heavy atom. The SMILES string of the molecule is O=C1COc2cc(-c3nc(F)c(C4C5C[C@@H]5c5cc(-c6cc(Cl)ccc6-n6cnnn6)cc(=O)n54)[nH]3)ccc2N1. The average Bonchev–Trinajstić information content (AvgIpc) is 3.23. The first-order valence-corrected chi connectivity index (χ1v) is 12.9. The van der Waals surface area contributed by atoms with E-state index in [-0.39, 0.29) is 35.6 Å². The van der Waals surface area contributed by atoms with Gasteiger partial charge in [-0.2, -0.15) is 9.07 Å². The van der Waals surface area contributed by atoms with Crippen molar-refractivity contribution in [2.24, 2.45) is 5.92 Å². The number of hydrogen-bond acceptors (Lipinski definition) is 7. The number of amides is 1. The van der Waals surface area contributed by atoms with Gasteiger partial charge < -0.3 is 19.6 Å². The van der Waals surface area contributed by atoms with Crippen molar-refractivity contribution in [1.29, 1.82) is 0 Å². The summed E-state index contributed by atoms with van der Waals surface area (Å²) in [6.45, 7) is -0.0898. The number of pyridine rings is 1. The molecular formula is C27H18ClFN8O3. The van der Waals surface area contributed by atoms with Gasteiger partial charge in [-0.05, 0) is 70.8 Å². The van der Waals surface area contributed by atoms with Crippen molar-refractivity contribution in [3.63, 3.8) is 0 Å². The Kier molecular flexibility index (Phi) is 4.81. The van der Waals surface area contributed by atoms with Crippen LogP contribution >= 0.6 is 11.6 Å². The number of aromatic amines is 1. The Morgan fingerprint density at radius 1 is 1.07 bits per heavy atom. The van der Waals surface area contributed by atoms with Crippen LogP contribution in [0.15, 0.2) is 59.7 Å². The largest absolute Gasteiger partial charge is 0.482 e. The second-order valence-corrected chi connectivity index (χ2v) is 10.5. The molecule has 2 N–H and O–H groups in total. The third-order valence-corrected chi connectivity index (χ3v) is 7.97. The summed E-state index contributed by atoms with van der Waals surface area (Å²) >= 11 is 6.32. The minimum Gasteiger partial charge on any atom is -0.482 e. The summed E-state index contributed by atoms with van der Waals surface area (Å²) in [6, 6.07) is 13.4. The van der Waals surface area contributed by atoms with Crippen molar-refractivity contribution < 1.29 is 13.9 Å². The van der Waals surface area contributed by atoms with Gasteiger partial charge in [0.15, 0.2) is 6.61 Å². The molecule has 0 bridgehead atoms. The van der Waals surface area contributed by atoms with E-state index in [1.807, 2.05) is 6.07 Å². The van der Waals surface area contributed by atoms with Gasteiger partial charge in [-0.1, -0.05) is 11.6 Å². The van der Waals surface area contributed by atoms with Crippen LogP contribution in [-0.2, 0) is 4.79 Å². The van der Waals surface area contributed by atoms with Crippen LogP contribution in [-0.4, -0.2) is 47.3 Å². The fourth-order valence-corrected chi connectivity index (χ4v) is 6.08. The van der Waals surface area contributed by atoms with Crippen LogP contribution in [0.2, 0.25) is 5.02 Å². The van der Waals surface area contributed by atoms with E-state index in [2.05, 4.69) is 30.8 Å². The van der Waals surface area contributed by atoms with E-state index in [4.69, 9.17) is 16.3 Å². The lowest BCUT2D eigenvalue weighted by Crippen LogP contribution is -2.26. The summed E-state index contributed by atoms with van der Waals surface area (Å²) < 4.78 is 24.0. The molecule has 3 atom stereocenters. The van der Waals surface area contributed by atoms with Crippen molar-refractivity contribution in [1.82, 2.24) is 34.7 Å². The highest BCUT2D eigenvalue weighted by atomic mass is 35.5. The van der Waals surface area contributed by atoms with Crippen molar-refractivity contribution in [2.45, 2.75) is 18.4 Å². The maximum atomic E-state index is 15.4. The van der Waals surface area contributed by atoms with E-state index in [9.17, 15) is 9.59 Å². The van der Waals surface area contributed by atoms with Crippen LogP contribution < -0.4 is 15.6 Å².